The van der Waals surface area contributed by atoms with Crippen molar-refractivity contribution in [3.8, 4) is 0 Å². The van der Waals surface area contributed by atoms with Gasteiger partial charge in [0.1, 0.15) is 5.82 Å². The normalized spacial score (nSPS) is 10.3. The van der Waals surface area contributed by atoms with Crippen LogP contribution in [-0.2, 0) is 20.7 Å². The minimum absolute atomic E-state index is 0.0629. The van der Waals surface area contributed by atoms with Gasteiger partial charge in [-0.15, -0.1) is 0 Å². The van der Waals surface area contributed by atoms with Gasteiger partial charge in [0.15, 0.2) is 12.4 Å². The number of nitrogens with one attached hydrogen (secondary N) is 1. The lowest BCUT2D eigenvalue weighted by molar-refractivity contribution is -0.146. The summed E-state index contributed by atoms with van der Waals surface area (Å²) in [7, 11) is 0. The first-order valence-corrected chi connectivity index (χ1v) is 7.63. The Morgan fingerprint density at radius 2 is 1.92 bits per heavy atom. The number of ether oxygens (including phenoxy) is 1. The van der Waals surface area contributed by atoms with Crippen LogP contribution in [0.5, 0.6) is 0 Å². The molecule has 0 unspecified atom stereocenters. The monoisotopic (exact) mass is 370 g/mol. The number of esters is 1. The van der Waals surface area contributed by atoms with Crippen molar-refractivity contribution in [2.45, 2.75) is 13.3 Å². The number of pyridine rings is 1. The van der Waals surface area contributed by atoms with Crippen molar-refractivity contribution in [2.24, 2.45) is 0 Å². The summed E-state index contributed by atoms with van der Waals surface area (Å²) in [6, 6.07) is 5.42. The Labute approximate surface area is 147 Å². The molecule has 1 aromatic carbocycles. The molecule has 5 nitrogen and oxygen atoms in total. The first-order chi connectivity index (χ1) is 11.4. The maximum atomic E-state index is 12.8. The first-order valence-electron chi connectivity index (χ1n) is 6.87. The standard InChI is InChI=1S/C16H13Cl2FN2O3/c1-9-12(17)7-20-16(15(9)18)21-13(22)8-24-14(23)6-10-2-4-11(19)5-3-10/h2-5,7H,6,8H2,1H3,(H,20,21,22). The lowest BCUT2D eigenvalue weighted by Crippen LogP contribution is -2.22. The number of nitrogens with zero attached hydrogens (tertiary/aromatic N) is 1. The van der Waals surface area contributed by atoms with Gasteiger partial charge in [0.25, 0.3) is 5.91 Å². The Balaban J connectivity index is 1.86. The molecule has 2 rings (SSSR count). The highest BCUT2D eigenvalue weighted by Crippen LogP contribution is 2.28. The summed E-state index contributed by atoms with van der Waals surface area (Å²) in [6.07, 6.45) is 1.30. The van der Waals surface area contributed by atoms with Crippen LogP contribution in [0.15, 0.2) is 30.5 Å². The van der Waals surface area contributed by atoms with Gasteiger partial charge in [0.2, 0.25) is 0 Å². The summed E-state index contributed by atoms with van der Waals surface area (Å²) in [5.41, 5.74) is 1.16. The van der Waals surface area contributed by atoms with Crippen LogP contribution >= 0.6 is 23.2 Å². The first kappa shape index (κ1) is 18.2. The van der Waals surface area contributed by atoms with Crippen molar-refractivity contribution in [1.82, 2.24) is 4.98 Å². The highest BCUT2D eigenvalue weighted by molar-refractivity contribution is 6.37. The summed E-state index contributed by atoms with van der Waals surface area (Å²) < 4.78 is 17.6. The van der Waals surface area contributed by atoms with E-state index in [-0.39, 0.29) is 17.3 Å². The summed E-state index contributed by atoms with van der Waals surface area (Å²) in [6.45, 7) is 1.20. The van der Waals surface area contributed by atoms with E-state index < -0.39 is 24.3 Å². The lowest BCUT2D eigenvalue weighted by atomic mass is 10.1. The topological polar surface area (TPSA) is 68.3 Å². The average Bonchev–Trinajstić information content (AvgIpc) is 2.56. The molecular formula is C16H13Cl2FN2O3. The van der Waals surface area contributed by atoms with Crippen LogP contribution in [0.2, 0.25) is 10.0 Å². The molecule has 1 amide bonds. The fraction of sp³-hybridized carbons (Fsp3) is 0.188. The lowest BCUT2D eigenvalue weighted by Gasteiger charge is -2.09. The molecule has 0 radical (unpaired) electrons. The molecule has 1 heterocycles. The predicted molar refractivity (Wildman–Crippen MR) is 88.7 cm³/mol. The third-order valence-electron chi connectivity index (χ3n) is 3.09. The van der Waals surface area contributed by atoms with E-state index in [0.717, 1.165) is 0 Å². The average molecular weight is 371 g/mol. The van der Waals surface area contributed by atoms with E-state index in [4.69, 9.17) is 27.9 Å². The molecule has 0 spiro atoms. The van der Waals surface area contributed by atoms with Gasteiger partial charge in [-0.2, -0.15) is 0 Å². The Morgan fingerprint density at radius 1 is 1.25 bits per heavy atom. The fourth-order valence-corrected chi connectivity index (χ4v) is 2.17. The summed E-state index contributed by atoms with van der Waals surface area (Å²) in [5.74, 6) is -1.45. The highest BCUT2D eigenvalue weighted by Gasteiger charge is 2.13. The number of carbonyl (C=O) groups excluding carboxylic acids is 2. The van der Waals surface area contributed by atoms with Gasteiger partial charge in [-0.1, -0.05) is 35.3 Å². The minimum atomic E-state index is -0.608. The maximum Gasteiger partial charge on any atom is 0.310 e. The largest absolute Gasteiger partial charge is 0.455 e. The molecule has 0 fully saturated rings. The minimum Gasteiger partial charge on any atom is -0.455 e. The Morgan fingerprint density at radius 3 is 2.58 bits per heavy atom. The molecule has 0 aliphatic carbocycles. The van der Waals surface area contributed by atoms with Crippen molar-refractivity contribution in [3.63, 3.8) is 0 Å². The van der Waals surface area contributed by atoms with Crippen LogP contribution < -0.4 is 5.32 Å². The van der Waals surface area contributed by atoms with Crippen molar-refractivity contribution in [3.05, 3.63) is 57.5 Å². The number of anilines is 1. The van der Waals surface area contributed by atoms with E-state index >= 15 is 0 Å². The molecule has 24 heavy (non-hydrogen) atoms. The summed E-state index contributed by atoms with van der Waals surface area (Å²) in [5, 5.41) is 3.03. The number of hydrogen-bond acceptors (Lipinski definition) is 4. The van der Waals surface area contributed by atoms with Gasteiger partial charge in [0.05, 0.1) is 16.5 Å². The molecule has 0 saturated heterocycles. The number of amides is 1. The zero-order valence-electron chi connectivity index (χ0n) is 12.6. The van der Waals surface area contributed by atoms with Crippen LogP contribution in [0.3, 0.4) is 0 Å². The molecule has 8 heteroatoms. The molecule has 126 valence electrons. The Bertz CT molecular complexity index is 767. The van der Waals surface area contributed by atoms with E-state index in [2.05, 4.69) is 10.3 Å². The van der Waals surface area contributed by atoms with Crippen LogP contribution in [-0.4, -0.2) is 23.5 Å². The van der Waals surface area contributed by atoms with E-state index in [1.54, 1.807) is 6.92 Å². The molecule has 0 saturated carbocycles. The Hall–Kier alpha value is -2.18. The zero-order chi connectivity index (χ0) is 17.7. The van der Waals surface area contributed by atoms with Gasteiger partial charge in [-0.3, -0.25) is 9.59 Å². The molecule has 1 aromatic heterocycles. The molecule has 2 aromatic rings. The van der Waals surface area contributed by atoms with E-state index in [0.29, 0.717) is 16.1 Å². The molecule has 0 aliphatic rings. The Kier molecular flexibility index (Phi) is 6.11. The third kappa shape index (κ3) is 4.91. The van der Waals surface area contributed by atoms with Crippen LogP contribution in [0.25, 0.3) is 0 Å². The van der Waals surface area contributed by atoms with Gasteiger partial charge in [-0.05, 0) is 30.2 Å². The maximum absolute atomic E-state index is 12.8. The molecule has 0 bridgehead atoms. The molecule has 0 aliphatic heterocycles. The SMILES string of the molecule is Cc1c(Cl)cnc(NC(=O)COC(=O)Cc2ccc(F)cc2)c1Cl. The third-order valence-corrected chi connectivity index (χ3v) is 3.93. The number of hydrogen-bond donors (Lipinski definition) is 1. The van der Waals surface area contributed by atoms with Gasteiger partial charge in [-0.25, -0.2) is 9.37 Å². The zero-order valence-corrected chi connectivity index (χ0v) is 14.1. The quantitative estimate of drug-likeness (QED) is 0.817. The summed E-state index contributed by atoms with van der Waals surface area (Å²) >= 11 is 11.9. The number of benzene rings is 1. The van der Waals surface area contributed by atoms with Crippen molar-refractivity contribution >= 4 is 40.9 Å². The second-order valence-corrected chi connectivity index (χ2v) is 5.69. The van der Waals surface area contributed by atoms with Crippen LogP contribution in [0, 0.1) is 12.7 Å². The highest BCUT2D eigenvalue weighted by atomic mass is 35.5. The van der Waals surface area contributed by atoms with Crippen LogP contribution in [0.4, 0.5) is 10.2 Å². The van der Waals surface area contributed by atoms with E-state index in [9.17, 15) is 14.0 Å². The van der Waals surface area contributed by atoms with Crippen molar-refractivity contribution in [1.29, 1.82) is 0 Å². The van der Waals surface area contributed by atoms with E-state index in [1.165, 1.54) is 30.5 Å². The summed E-state index contributed by atoms with van der Waals surface area (Å²) in [4.78, 5) is 27.4. The van der Waals surface area contributed by atoms with Crippen molar-refractivity contribution < 1.29 is 18.7 Å². The van der Waals surface area contributed by atoms with E-state index in [1.807, 2.05) is 0 Å². The van der Waals surface area contributed by atoms with Crippen molar-refractivity contribution in [2.75, 3.05) is 11.9 Å². The predicted octanol–water partition coefficient (Wildman–Crippen LogP) is 3.56. The molecule has 1 N–H and O–H groups in total. The number of aromatic nitrogens is 1. The van der Waals surface area contributed by atoms with Gasteiger partial charge in [0, 0.05) is 6.20 Å². The number of halogens is 3. The second kappa shape index (κ2) is 8.08. The van der Waals surface area contributed by atoms with Crippen LogP contribution in [0.1, 0.15) is 11.1 Å². The fourth-order valence-electron chi connectivity index (χ4n) is 1.78. The molecule has 0 atom stereocenters. The number of carbonyl (C=O) groups is 2. The molecular weight excluding hydrogens is 358 g/mol. The van der Waals surface area contributed by atoms with Gasteiger partial charge >= 0.3 is 5.97 Å². The smallest absolute Gasteiger partial charge is 0.310 e. The van der Waals surface area contributed by atoms with Gasteiger partial charge < -0.3 is 10.1 Å². The second-order valence-electron chi connectivity index (χ2n) is 4.91. The number of rotatable bonds is 5.